The molecule has 0 spiro atoms. The van der Waals surface area contributed by atoms with Gasteiger partial charge in [0.15, 0.2) is 17.8 Å². The summed E-state index contributed by atoms with van der Waals surface area (Å²) in [6, 6.07) is 3.35. The maximum Gasteiger partial charge on any atom is 0.332 e. The fraction of sp³-hybridized carbons (Fsp3) is 0.474. The smallest absolute Gasteiger partial charge is 0.332 e. The minimum absolute atomic E-state index is 0.0423. The van der Waals surface area contributed by atoms with Gasteiger partial charge in [0.25, 0.3) is 0 Å². The zero-order valence-electron chi connectivity index (χ0n) is 16.7. The molecule has 1 heterocycles. The third kappa shape index (κ3) is 3.38. The summed E-state index contributed by atoms with van der Waals surface area (Å²) in [7, 11) is 8.14. The summed E-state index contributed by atoms with van der Waals surface area (Å²) in [5.41, 5.74) is -0.993. The van der Waals surface area contributed by atoms with Crippen LogP contribution in [0.1, 0.15) is 5.56 Å². The van der Waals surface area contributed by atoms with Gasteiger partial charge in [0.05, 0.1) is 42.2 Å². The van der Waals surface area contributed by atoms with Crippen molar-refractivity contribution in [2.45, 2.75) is 6.29 Å². The summed E-state index contributed by atoms with van der Waals surface area (Å²) in [5.74, 6) is -0.447. The Hall–Kier alpha value is -2.78. The van der Waals surface area contributed by atoms with Gasteiger partial charge >= 0.3 is 11.9 Å². The third-order valence-electron chi connectivity index (χ3n) is 4.51. The first kappa shape index (κ1) is 21.5. The zero-order chi connectivity index (χ0) is 20.9. The van der Waals surface area contributed by atoms with Crippen LogP contribution in [0.25, 0.3) is 6.08 Å². The molecule has 2 rings (SSSR count). The average Bonchev–Trinajstić information content (AvgIpc) is 3.10. The Morgan fingerprint density at radius 1 is 0.964 bits per heavy atom. The number of carbonyl (C=O) groups excluding carboxylic acids is 2. The highest BCUT2D eigenvalue weighted by Gasteiger charge is 2.62. The molecule has 0 aromatic heterocycles. The fourth-order valence-corrected chi connectivity index (χ4v) is 3.20. The number of benzene rings is 1. The molecule has 1 fully saturated rings. The molecule has 9 heteroatoms. The first-order chi connectivity index (χ1) is 13.4. The molecule has 0 N–H and O–H groups in total. The van der Waals surface area contributed by atoms with E-state index in [-0.39, 0.29) is 6.61 Å². The number of ether oxygens (including phenoxy) is 7. The predicted octanol–water partition coefficient (Wildman–Crippen LogP) is 1.43. The molecule has 1 aromatic rings. The molecule has 1 unspecified atom stereocenters. The van der Waals surface area contributed by atoms with E-state index in [1.54, 1.807) is 18.2 Å². The van der Waals surface area contributed by atoms with E-state index in [1.165, 1.54) is 42.7 Å². The number of carbonyl (C=O) groups is 2. The van der Waals surface area contributed by atoms with Crippen LogP contribution >= 0.6 is 0 Å². The minimum atomic E-state index is -1.89. The van der Waals surface area contributed by atoms with E-state index in [0.717, 1.165) is 0 Å². The van der Waals surface area contributed by atoms with E-state index in [2.05, 4.69) is 0 Å². The van der Waals surface area contributed by atoms with Gasteiger partial charge in [-0.15, -0.1) is 0 Å². The Morgan fingerprint density at radius 2 is 1.50 bits per heavy atom. The fourth-order valence-electron chi connectivity index (χ4n) is 3.20. The molecule has 1 saturated heterocycles. The molecule has 0 saturated carbocycles. The van der Waals surface area contributed by atoms with Gasteiger partial charge in [-0.3, -0.25) is 9.59 Å². The van der Waals surface area contributed by atoms with E-state index < -0.39 is 23.6 Å². The topological polar surface area (TPSA) is 98.8 Å². The number of esters is 2. The van der Waals surface area contributed by atoms with Crippen LogP contribution in [0.2, 0.25) is 0 Å². The summed E-state index contributed by atoms with van der Waals surface area (Å²) in [4.78, 5) is 25.3. The van der Waals surface area contributed by atoms with Crippen molar-refractivity contribution >= 4 is 18.0 Å². The molecular weight excluding hydrogens is 372 g/mol. The second kappa shape index (κ2) is 8.94. The predicted molar refractivity (Wildman–Crippen MR) is 97.3 cm³/mol. The summed E-state index contributed by atoms with van der Waals surface area (Å²) in [6.07, 6.45) is 0.415. The number of hydrogen-bond donors (Lipinski definition) is 0. The SMILES string of the molecule is COC(=O)C1(C(=O)OC)/C(=C/c2cc(OC)c(OC)c(OC)c2)COC1OC. The van der Waals surface area contributed by atoms with Crippen molar-refractivity contribution in [2.75, 3.05) is 49.3 Å². The maximum atomic E-state index is 12.7. The molecule has 9 nitrogen and oxygen atoms in total. The zero-order valence-corrected chi connectivity index (χ0v) is 16.7. The highest BCUT2D eigenvalue weighted by Crippen LogP contribution is 2.45. The molecule has 0 aliphatic carbocycles. The summed E-state index contributed by atoms with van der Waals surface area (Å²) < 4.78 is 36.5. The van der Waals surface area contributed by atoms with E-state index in [4.69, 9.17) is 33.2 Å². The molecule has 1 atom stereocenters. The Balaban J connectivity index is 2.68. The second-order valence-electron chi connectivity index (χ2n) is 5.80. The molecular formula is C19H24O9. The highest BCUT2D eigenvalue weighted by molar-refractivity contribution is 6.05. The summed E-state index contributed by atoms with van der Waals surface area (Å²) >= 11 is 0. The monoisotopic (exact) mass is 396 g/mol. The van der Waals surface area contributed by atoms with Gasteiger partial charge in [0, 0.05) is 7.11 Å². The first-order valence-corrected chi connectivity index (χ1v) is 8.26. The standard InChI is InChI=1S/C19H24O9/c1-22-13-8-11(9-14(23-2)15(13)24-3)7-12-10-28-18(27-6)19(12,16(20)25-4)17(21)26-5/h7-9,18H,10H2,1-6H3/b12-7+. The van der Waals surface area contributed by atoms with Gasteiger partial charge < -0.3 is 33.2 Å². The van der Waals surface area contributed by atoms with Crippen LogP contribution in [0.15, 0.2) is 17.7 Å². The third-order valence-corrected chi connectivity index (χ3v) is 4.51. The van der Waals surface area contributed by atoms with Gasteiger partial charge in [-0.05, 0) is 23.3 Å². The molecule has 1 aromatic carbocycles. The van der Waals surface area contributed by atoms with Crippen molar-refractivity contribution in [1.82, 2.24) is 0 Å². The van der Waals surface area contributed by atoms with Gasteiger partial charge in [0.1, 0.15) is 0 Å². The molecule has 1 aliphatic heterocycles. The minimum Gasteiger partial charge on any atom is -0.493 e. The van der Waals surface area contributed by atoms with E-state index in [1.807, 2.05) is 0 Å². The second-order valence-corrected chi connectivity index (χ2v) is 5.80. The van der Waals surface area contributed by atoms with Crippen LogP contribution < -0.4 is 14.2 Å². The molecule has 0 bridgehead atoms. The van der Waals surface area contributed by atoms with Crippen molar-refractivity contribution in [3.05, 3.63) is 23.3 Å². The lowest BCUT2D eigenvalue weighted by atomic mass is 9.80. The van der Waals surface area contributed by atoms with Crippen molar-refractivity contribution in [2.24, 2.45) is 5.41 Å². The quantitative estimate of drug-likeness (QED) is 0.501. The van der Waals surface area contributed by atoms with E-state index >= 15 is 0 Å². The number of hydrogen-bond acceptors (Lipinski definition) is 9. The largest absolute Gasteiger partial charge is 0.493 e. The van der Waals surface area contributed by atoms with E-state index in [0.29, 0.717) is 28.4 Å². The van der Waals surface area contributed by atoms with Gasteiger partial charge in [-0.25, -0.2) is 0 Å². The van der Waals surface area contributed by atoms with Gasteiger partial charge in [-0.1, -0.05) is 6.08 Å². The Labute approximate surface area is 163 Å². The Morgan fingerprint density at radius 3 is 1.89 bits per heavy atom. The van der Waals surface area contributed by atoms with Crippen LogP contribution in [0.4, 0.5) is 0 Å². The van der Waals surface area contributed by atoms with Crippen molar-refractivity contribution in [1.29, 1.82) is 0 Å². The molecule has 154 valence electrons. The molecule has 0 amide bonds. The number of methoxy groups -OCH3 is 6. The van der Waals surface area contributed by atoms with Crippen molar-refractivity contribution in [3.63, 3.8) is 0 Å². The Bertz CT molecular complexity index is 728. The maximum absolute atomic E-state index is 12.7. The van der Waals surface area contributed by atoms with Crippen LogP contribution in [-0.4, -0.2) is 67.5 Å². The van der Waals surface area contributed by atoms with Crippen LogP contribution in [-0.2, 0) is 28.5 Å². The first-order valence-electron chi connectivity index (χ1n) is 8.26. The highest BCUT2D eigenvalue weighted by atomic mass is 16.7. The molecule has 28 heavy (non-hydrogen) atoms. The van der Waals surface area contributed by atoms with Crippen molar-refractivity contribution < 1.29 is 42.7 Å². The van der Waals surface area contributed by atoms with Crippen LogP contribution in [0.5, 0.6) is 17.2 Å². The summed E-state index contributed by atoms with van der Waals surface area (Å²) in [6.45, 7) is -0.0423. The summed E-state index contributed by atoms with van der Waals surface area (Å²) in [5, 5.41) is 0. The normalized spacial score (nSPS) is 19.2. The van der Waals surface area contributed by atoms with Gasteiger partial charge in [0.2, 0.25) is 11.2 Å². The lowest BCUT2D eigenvalue weighted by molar-refractivity contribution is -0.193. The van der Waals surface area contributed by atoms with Crippen LogP contribution in [0, 0.1) is 5.41 Å². The van der Waals surface area contributed by atoms with Crippen molar-refractivity contribution in [3.8, 4) is 17.2 Å². The lowest BCUT2D eigenvalue weighted by Gasteiger charge is -2.28. The molecule has 1 aliphatic rings. The Kier molecular flexibility index (Phi) is 6.87. The number of rotatable bonds is 7. The van der Waals surface area contributed by atoms with Gasteiger partial charge in [-0.2, -0.15) is 0 Å². The van der Waals surface area contributed by atoms with Crippen LogP contribution in [0.3, 0.4) is 0 Å². The average molecular weight is 396 g/mol. The lowest BCUT2D eigenvalue weighted by Crippen LogP contribution is -2.49. The van der Waals surface area contributed by atoms with E-state index in [9.17, 15) is 9.59 Å². The molecule has 0 radical (unpaired) electrons.